The molecule has 1 aromatic heterocycles. The Bertz CT molecular complexity index is 1270. The van der Waals surface area contributed by atoms with Gasteiger partial charge in [-0.3, -0.25) is 14.5 Å². The van der Waals surface area contributed by atoms with Crippen LogP contribution in [0, 0.1) is 0 Å². The van der Waals surface area contributed by atoms with Crippen LogP contribution in [0.5, 0.6) is 0 Å². The zero-order chi connectivity index (χ0) is 23.7. The first-order chi connectivity index (χ1) is 16.5. The predicted octanol–water partition coefficient (Wildman–Crippen LogP) is 3.13. The Morgan fingerprint density at radius 2 is 2.00 bits per heavy atom. The maximum Gasteiger partial charge on any atom is 0.251 e. The van der Waals surface area contributed by atoms with Gasteiger partial charge in [-0.2, -0.15) is 5.10 Å². The van der Waals surface area contributed by atoms with Crippen LogP contribution in [0.3, 0.4) is 0 Å². The Hall–Kier alpha value is -3.91. The SMILES string of the molecule is C=CC(=O)Nc1cc(CN2CCCC2)cc(-n2cc(-c3ccc4c(c3)CCNC4=O)c(N)n2)c1. The fourth-order valence-electron chi connectivity index (χ4n) is 4.70. The summed E-state index contributed by atoms with van der Waals surface area (Å²) < 4.78 is 1.74. The standard InChI is InChI=1S/C26H28N6O2/c1-2-24(33)29-20-11-17(15-31-9-3-4-10-31)12-21(14-20)32-16-23(25(27)30-32)18-5-6-22-19(13-18)7-8-28-26(22)34/h2,5-6,11-14,16H,1,3-4,7-10,15H2,(H2,27,30)(H,28,34)(H,29,33). The number of aromatic nitrogens is 2. The second-order valence-corrected chi connectivity index (χ2v) is 8.82. The first kappa shape index (κ1) is 21.9. The molecule has 0 aliphatic carbocycles. The van der Waals surface area contributed by atoms with E-state index in [9.17, 15) is 9.59 Å². The van der Waals surface area contributed by atoms with E-state index in [0.717, 1.165) is 54.0 Å². The van der Waals surface area contributed by atoms with E-state index in [0.29, 0.717) is 23.6 Å². The van der Waals surface area contributed by atoms with Crippen molar-refractivity contribution in [1.82, 2.24) is 20.0 Å². The van der Waals surface area contributed by atoms with Gasteiger partial charge in [0.2, 0.25) is 5.91 Å². The summed E-state index contributed by atoms with van der Waals surface area (Å²) in [5.41, 5.74) is 12.4. The van der Waals surface area contributed by atoms with Crippen molar-refractivity contribution in [3.63, 3.8) is 0 Å². The van der Waals surface area contributed by atoms with E-state index in [1.54, 1.807) is 4.68 Å². The molecule has 8 heteroatoms. The molecule has 2 aliphatic heterocycles. The Labute approximate surface area is 198 Å². The molecular weight excluding hydrogens is 428 g/mol. The van der Waals surface area contributed by atoms with Crippen LogP contribution in [0.25, 0.3) is 16.8 Å². The van der Waals surface area contributed by atoms with Crippen molar-refractivity contribution in [2.75, 3.05) is 30.7 Å². The third kappa shape index (κ3) is 4.45. The number of hydrogen-bond acceptors (Lipinski definition) is 5. The Balaban J connectivity index is 1.50. The molecule has 2 amide bonds. The number of carbonyl (C=O) groups is 2. The number of likely N-dealkylation sites (tertiary alicyclic amines) is 1. The van der Waals surface area contributed by atoms with E-state index < -0.39 is 0 Å². The molecule has 2 aromatic carbocycles. The van der Waals surface area contributed by atoms with Gasteiger partial charge < -0.3 is 16.4 Å². The van der Waals surface area contributed by atoms with Crippen LogP contribution < -0.4 is 16.4 Å². The maximum absolute atomic E-state index is 12.1. The largest absolute Gasteiger partial charge is 0.382 e. The number of hydrogen-bond donors (Lipinski definition) is 3. The van der Waals surface area contributed by atoms with Gasteiger partial charge in [0.25, 0.3) is 5.91 Å². The molecule has 8 nitrogen and oxygen atoms in total. The van der Waals surface area contributed by atoms with Crippen LogP contribution in [0.1, 0.15) is 34.3 Å². The van der Waals surface area contributed by atoms with Crippen LogP contribution in [0.15, 0.2) is 55.3 Å². The average molecular weight is 457 g/mol. The molecule has 174 valence electrons. The lowest BCUT2D eigenvalue weighted by molar-refractivity contribution is -0.111. The number of nitrogens with two attached hydrogens (primary N) is 1. The Morgan fingerprint density at radius 1 is 1.18 bits per heavy atom. The number of rotatable bonds is 6. The average Bonchev–Trinajstić information content (AvgIpc) is 3.48. The van der Waals surface area contributed by atoms with Crippen LogP contribution in [-0.2, 0) is 17.8 Å². The molecule has 5 rings (SSSR count). The quantitative estimate of drug-likeness (QED) is 0.494. The molecule has 2 aliphatic rings. The second-order valence-electron chi connectivity index (χ2n) is 8.82. The molecule has 1 saturated heterocycles. The Morgan fingerprint density at radius 3 is 2.79 bits per heavy atom. The highest BCUT2D eigenvalue weighted by atomic mass is 16.2. The van der Waals surface area contributed by atoms with Crippen molar-refractivity contribution in [2.45, 2.75) is 25.8 Å². The van der Waals surface area contributed by atoms with Crippen molar-refractivity contribution in [3.05, 3.63) is 71.9 Å². The van der Waals surface area contributed by atoms with Gasteiger partial charge in [-0.05, 0) is 79.4 Å². The van der Waals surface area contributed by atoms with E-state index in [2.05, 4.69) is 33.3 Å². The molecule has 0 radical (unpaired) electrons. The van der Waals surface area contributed by atoms with Gasteiger partial charge in [-0.1, -0.05) is 18.7 Å². The van der Waals surface area contributed by atoms with Crippen LogP contribution in [0.4, 0.5) is 11.5 Å². The van der Waals surface area contributed by atoms with E-state index in [1.807, 2.05) is 36.5 Å². The van der Waals surface area contributed by atoms with E-state index in [-0.39, 0.29) is 11.8 Å². The lowest BCUT2D eigenvalue weighted by atomic mass is 9.96. The molecule has 0 unspecified atom stereocenters. The minimum absolute atomic E-state index is 0.0413. The van der Waals surface area contributed by atoms with Crippen LogP contribution in [0.2, 0.25) is 0 Å². The van der Waals surface area contributed by atoms with E-state index in [4.69, 9.17) is 5.73 Å². The van der Waals surface area contributed by atoms with Crippen molar-refractivity contribution in [2.24, 2.45) is 0 Å². The van der Waals surface area contributed by atoms with Crippen molar-refractivity contribution in [1.29, 1.82) is 0 Å². The van der Waals surface area contributed by atoms with Crippen molar-refractivity contribution < 1.29 is 9.59 Å². The number of benzene rings is 2. The van der Waals surface area contributed by atoms with Crippen LogP contribution >= 0.6 is 0 Å². The van der Waals surface area contributed by atoms with Crippen molar-refractivity contribution >= 4 is 23.3 Å². The number of amides is 2. The summed E-state index contributed by atoms with van der Waals surface area (Å²) >= 11 is 0. The number of anilines is 2. The number of nitrogen functional groups attached to an aromatic ring is 1. The topological polar surface area (TPSA) is 105 Å². The fourth-order valence-corrected chi connectivity index (χ4v) is 4.70. The lowest BCUT2D eigenvalue weighted by Crippen LogP contribution is -2.31. The van der Waals surface area contributed by atoms with Gasteiger partial charge in [0.1, 0.15) is 0 Å². The minimum atomic E-state index is -0.261. The number of carbonyl (C=O) groups excluding carboxylic acids is 2. The Kier molecular flexibility index (Phi) is 5.90. The van der Waals surface area contributed by atoms with Gasteiger partial charge in [0.05, 0.1) is 5.69 Å². The molecule has 0 bridgehead atoms. The minimum Gasteiger partial charge on any atom is -0.382 e. The molecule has 1 fully saturated rings. The van der Waals surface area contributed by atoms with Gasteiger partial charge in [-0.15, -0.1) is 0 Å². The molecule has 4 N–H and O–H groups in total. The normalized spacial score (nSPS) is 15.6. The number of fused-ring (bicyclic) bond motifs is 1. The third-order valence-corrected chi connectivity index (χ3v) is 6.38. The van der Waals surface area contributed by atoms with Crippen LogP contribution in [-0.4, -0.2) is 46.1 Å². The summed E-state index contributed by atoms with van der Waals surface area (Å²) in [6.07, 6.45) is 6.36. The number of nitrogens with zero attached hydrogens (tertiary/aromatic N) is 3. The molecule has 3 aromatic rings. The zero-order valence-electron chi connectivity index (χ0n) is 19.0. The first-order valence-corrected chi connectivity index (χ1v) is 11.6. The lowest BCUT2D eigenvalue weighted by Gasteiger charge is -2.17. The van der Waals surface area contributed by atoms with E-state index >= 15 is 0 Å². The van der Waals surface area contributed by atoms with E-state index in [1.165, 1.54) is 18.9 Å². The summed E-state index contributed by atoms with van der Waals surface area (Å²) in [5, 5.41) is 10.3. The molecule has 0 atom stereocenters. The number of nitrogens with one attached hydrogen (secondary N) is 2. The maximum atomic E-state index is 12.1. The molecule has 34 heavy (non-hydrogen) atoms. The van der Waals surface area contributed by atoms with Gasteiger partial charge >= 0.3 is 0 Å². The smallest absolute Gasteiger partial charge is 0.251 e. The summed E-state index contributed by atoms with van der Waals surface area (Å²) in [4.78, 5) is 26.4. The van der Waals surface area contributed by atoms with Gasteiger partial charge in [0, 0.05) is 36.1 Å². The highest BCUT2D eigenvalue weighted by Gasteiger charge is 2.19. The predicted molar refractivity (Wildman–Crippen MR) is 133 cm³/mol. The summed E-state index contributed by atoms with van der Waals surface area (Å²) in [7, 11) is 0. The summed E-state index contributed by atoms with van der Waals surface area (Å²) in [5.74, 6) is 0.102. The zero-order valence-corrected chi connectivity index (χ0v) is 19.0. The molecule has 0 saturated carbocycles. The van der Waals surface area contributed by atoms with Crippen molar-refractivity contribution in [3.8, 4) is 16.8 Å². The first-order valence-electron chi connectivity index (χ1n) is 11.6. The molecular formula is C26H28N6O2. The third-order valence-electron chi connectivity index (χ3n) is 6.38. The highest BCUT2D eigenvalue weighted by Crippen LogP contribution is 2.30. The summed E-state index contributed by atoms with van der Waals surface area (Å²) in [6, 6.07) is 11.7. The fraction of sp³-hybridized carbons (Fsp3) is 0.269. The van der Waals surface area contributed by atoms with Gasteiger partial charge in [-0.25, -0.2) is 4.68 Å². The van der Waals surface area contributed by atoms with Gasteiger partial charge in [0.15, 0.2) is 5.82 Å². The summed E-state index contributed by atoms with van der Waals surface area (Å²) in [6.45, 7) is 7.14. The molecule has 3 heterocycles. The highest BCUT2D eigenvalue weighted by molar-refractivity contribution is 5.99. The monoisotopic (exact) mass is 456 g/mol. The second kappa shape index (κ2) is 9.15. The molecule has 0 spiro atoms.